The van der Waals surface area contributed by atoms with E-state index in [1.165, 1.54) is 24.9 Å². The Kier molecular flexibility index (Phi) is 6.03. The number of amides is 1. The van der Waals surface area contributed by atoms with E-state index in [1.807, 2.05) is 18.2 Å². The van der Waals surface area contributed by atoms with Gasteiger partial charge in [-0.1, -0.05) is 23.7 Å². The van der Waals surface area contributed by atoms with Gasteiger partial charge in [0.15, 0.2) is 12.4 Å². The van der Waals surface area contributed by atoms with E-state index in [2.05, 4.69) is 5.32 Å². The Morgan fingerprint density at radius 1 is 1.22 bits per heavy atom. The normalized spacial score (nSPS) is 15.5. The van der Waals surface area contributed by atoms with E-state index in [1.54, 1.807) is 18.2 Å². The second-order valence-electron chi connectivity index (χ2n) is 5.73. The van der Waals surface area contributed by atoms with Crippen LogP contribution >= 0.6 is 23.4 Å². The number of ketones is 1. The summed E-state index contributed by atoms with van der Waals surface area (Å²) in [5.74, 6) is -0.816. The number of ether oxygens (including phenoxy) is 2. The van der Waals surface area contributed by atoms with E-state index < -0.39 is 17.8 Å². The van der Waals surface area contributed by atoms with Crippen LogP contribution in [0.3, 0.4) is 0 Å². The highest BCUT2D eigenvalue weighted by Crippen LogP contribution is 2.36. The zero-order valence-corrected chi connectivity index (χ0v) is 15.9. The summed E-state index contributed by atoms with van der Waals surface area (Å²) in [5, 5.41) is 2.46. The molecule has 0 bridgehead atoms. The number of fused-ring (bicyclic) bond motifs is 1. The summed E-state index contributed by atoms with van der Waals surface area (Å²) in [6, 6.07) is 11.9. The highest BCUT2D eigenvalue weighted by molar-refractivity contribution is 8.01. The molecule has 1 atom stereocenters. The summed E-state index contributed by atoms with van der Waals surface area (Å²) in [6.07, 6.45) is -0.124. The molecule has 0 saturated carbocycles. The minimum absolute atomic E-state index is 0.124. The topological polar surface area (TPSA) is 81.7 Å². The zero-order valence-electron chi connectivity index (χ0n) is 14.4. The average molecular weight is 406 g/mol. The number of carbonyl (C=O) groups excluding carboxylic acids is 3. The molecule has 0 aliphatic carbocycles. The lowest BCUT2D eigenvalue weighted by Crippen LogP contribution is -2.31. The molecule has 140 valence electrons. The standard InChI is InChI=1S/C19H16ClNO5S/c1-25-15-7-6-11(8-12(15)20)14(22)10-26-18(23)9-17-19(24)21-13-4-2-3-5-16(13)27-17/h2-8,17H,9-10H2,1H3,(H,21,24)/t17-/m0/s1. The Balaban J connectivity index is 1.55. The average Bonchev–Trinajstić information content (AvgIpc) is 2.66. The molecular weight excluding hydrogens is 390 g/mol. The summed E-state index contributed by atoms with van der Waals surface area (Å²) >= 11 is 7.29. The molecule has 8 heteroatoms. The molecule has 0 aromatic heterocycles. The van der Waals surface area contributed by atoms with Crippen molar-refractivity contribution in [2.24, 2.45) is 0 Å². The van der Waals surface area contributed by atoms with Crippen LogP contribution in [0.5, 0.6) is 5.75 Å². The molecule has 1 heterocycles. The van der Waals surface area contributed by atoms with Crippen LogP contribution in [0.4, 0.5) is 5.69 Å². The lowest BCUT2D eigenvalue weighted by Gasteiger charge is -2.23. The Morgan fingerprint density at radius 3 is 2.74 bits per heavy atom. The van der Waals surface area contributed by atoms with Crippen molar-refractivity contribution in [3.05, 3.63) is 53.1 Å². The van der Waals surface area contributed by atoms with E-state index in [9.17, 15) is 14.4 Å². The Hall–Kier alpha value is -2.51. The number of halogens is 1. The van der Waals surface area contributed by atoms with E-state index in [0.717, 1.165) is 10.6 Å². The molecule has 2 aromatic rings. The molecule has 0 fully saturated rings. The number of methoxy groups -OCH3 is 1. The molecule has 6 nitrogen and oxygen atoms in total. The van der Waals surface area contributed by atoms with Gasteiger partial charge in [-0.15, -0.1) is 11.8 Å². The Morgan fingerprint density at radius 2 is 2.00 bits per heavy atom. The first kappa shape index (κ1) is 19.3. The summed E-state index contributed by atoms with van der Waals surface area (Å²) in [4.78, 5) is 37.2. The number of hydrogen-bond acceptors (Lipinski definition) is 6. The van der Waals surface area contributed by atoms with Gasteiger partial charge in [0.25, 0.3) is 0 Å². The summed E-state index contributed by atoms with van der Waals surface area (Å²) in [5.41, 5.74) is 1.04. The number of thioether (sulfide) groups is 1. The van der Waals surface area contributed by atoms with Gasteiger partial charge in [-0.2, -0.15) is 0 Å². The molecule has 0 unspecified atom stereocenters. The second kappa shape index (κ2) is 8.45. The third-order valence-corrected chi connectivity index (χ3v) is 5.47. The third-order valence-electron chi connectivity index (χ3n) is 3.90. The van der Waals surface area contributed by atoms with Crippen LogP contribution in [0.1, 0.15) is 16.8 Å². The molecule has 27 heavy (non-hydrogen) atoms. The lowest BCUT2D eigenvalue weighted by molar-refractivity contribution is -0.143. The van der Waals surface area contributed by atoms with E-state index in [-0.39, 0.29) is 18.1 Å². The van der Waals surface area contributed by atoms with Gasteiger partial charge >= 0.3 is 5.97 Å². The molecule has 1 aliphatic heterocycles. The lowest BCUT2D eigenvalue weighted by atomic mass is 10.1. The van der Waals surface area contributed by atoms with Crippen molar-refractivity contribution >= 4 is 46.7 Å². The van der Waals surface area contributed by atoms with Crippen molar-refractivity contribution in [2.45, 2.75) is 16.6 Å². The van der Waals surface area contributed by atoms with Crippen LogP contribution in [0.25, 0.3) is 0 Å². The van der Waals surface area contributed by atoms with E-state index >= 15 is 0 Å². The highest BCUT2D eigenvalue weighted by Gasteiger charge is 2.29. The fourth-order valence-electron chi connectivity index (χ4n) is 2.51. The number of esters is 1. The fourth-order valence-corrected chi connectivity index (χ4v) is 3.86. The van der Waals surface area contributed by atoms with Crippen LogP contribution in [0.2, 0.25) is 5.02 Å². The van der Waals surface area contributed by atoms with Crippen LogP contribution in [0, 0.1) is 0 Å². The molecule has 1 amide bonds. The Labute approximate surface area is 165 Å². The molecule has 0 radical (unpaired) electrons. The van der Waals surface area contributed by atoms with Gasteiger partial charge in [0, 0.05) is 10.5 Å². The highest BCUT2D eigenvalue weighted by atomic mass is 35.5. The second-order valence-corrected chi connectivity index (χ2v) is 7.38. The van der Waals surface area contributed by atoms with Crippen LogP contribution in [0.15, 0.2) is 47.4 Å². The van der Waals surface area contributed by atoms with Gasteiger partial charge in [0.2, 0.25) is 5.91 Å². The number of benzene rings is 2. The van der Waals surface area contributed by atoms with Gasteiger partial charge in [-0.05, 0) is 30.3 Å². The summed E-state index contributed by atoms with van der Waals surface area (Å²) in [7, 11) is 1.47. The number of rotatable bonds is 6. The number of nitrogens with one attached hydrogen (secondary N) is 1. The minimum Gasteiger partial charge on any atom is -0.495 e. The largest absolute Gasteiger partial charge is 0.495 e. The molecular formula is C19H16ClNO5S. The van der Waals surface area contributed by atoms with Crippen molar-refractivity contribution in [3.8, 4) is 5.75 Å². The van der Waals surface area contributed by atoms with Crippen molar-refractivity contribution in [1.29, 1.82) is 0 Å². The third kappa shape index (κ3) is 4.61. The van der Waals surface area contributed by atoms with Crippen molar-refractivity contribution in [1.82, 2.24) is 0 Å². The molecule has 3 rings (SSSR count). The maximum absolute atomic E-state index is 12.2. The summed E-state index contributed by atoms with van der Waals surface area (Å²) < 4.78 is 10.1. The zero-order chi connectivity index (χ0) is 19.4. The predicted molar refractivity (Wildman–Crippen MR) is 103 cm³/mol. The van der Waals surface area contributed by atoms with Crippen LogP contribution in [-0.4, -0.2) is 36.6 Å². The van der Waals surface area contributed by atoms with Crippen molar-refractivity contribution in [2.75, 3.05) is 19.0 Å². The fraction of sp³-hybridized carbons (Fsp3) is 0.211. The van der Waals surface area contributed by atoms with Gasteiger partial charge in [-0.25, -0.2) is 0 Å². The predicted octanol–water partition coefficient (Wildman–Crippen LogP) is 3.58. The van der Waals surface area contributed by atoms with Crippen molar-refractivity contribution in [3.63, 3.8) is 0 Å². The number of anilines is 1. The van der Waals surface area contributed by atoms with Gasteiger partial charge in [-0.3, -0.25) is 14.4 Å². The summed E-state index contributed by atoms with van der Waals surface area (Å²) in [6.45, 7) is -0.420. The number of carbonyl (C=O) groups is 3. The first-order chi connectivity index (χ1) is 13.0. The van der Waals surface area contributed by atoms with E-state index in [0.29, 0.717) is 16.3 Å². The quantitative estimate of drug-likeness (QED) is 0.584. The number of para-hydroxylation sites is 1. The first-order valence-corrected chi connectivity index (χ1v) is 9.32. The van der Waals surface area contributed by atoms with E-state index in [4.69, 9.17) is 21.1 Å². The van der Waals surface area contributed by atoms with Crippen LogP contribution < -0.4 is 10.1 Å². The number of hydrogen-bond donors (Lipinski definition) is 1. The SMILES string of the molecule is COc1ccc(C(=O)COC(=O)C[C@@H]2Sc3ccccc3NC2=O)cc1Cl. The number of Topliss-reactive ketones (excluding diaryl/α,β-unsaturated/α-hetero) is 1. The minimum atomic E-state index is -0.616. The maximum atomic E-state index is 12.2. The maximum Gasteiger partial charge on any atom is 0.307 e. The molecule has 1 N–H and O–H groups in total. The first-order valence-electron chi connectivity index (χ1n) is 8.07. The Bertz CT molecular complexity index is 901. The van der Waals surface area contributed by atoms with Gasteiger partial charge < -0.3 is 14.8 Å². The molecule has 0 spiro atoms. The molecule has 0 saturated heterocycles. The van der Waals surface area contributed by atoms with Crippen molar-refractivity contribution < 1.29 is 23.9 Å². The smallest absolute Gasteiger partial charge is 0.307 e. The molecule has 2 aromatic carbocycles. The monoisotopic (exact) mass is 405 g/mol. The van der Waals surface area contributed by atoms with Gasteiger partial charge in [0.05, 0.1) is 29.5 Å². The van der Waals surface area contributed by atoms with Crippen LogP contribution in [-0.2, 0) is 14.3 Å². The molecule has 1 aliphatic rings. The van der Waals surface area contributed by atoms with Gasteiger partial charge in [0.1, 0.15) is 5.75 Å².